The van der Waals surface area contributed by atoms with Gasteiger partial charge in [0.15, 0.2) is 6.61 Å². The molecule has 6 heteroatoms. The Bertz CT molecular complexity index is 642. The molecule has 2 aromatic rings. The van der Waals surface area contributed by atoms with Gasteiger partial charge in [-0.15, -0.1) is 0 Å². The van der Waals surface area contributed by atoms with E-state index in [-0.39, 0.29) is 12.5 Å². The molecule has 0 atom stereocenters. The molecule has 0 aliphatic carbocycles. The minimum atomic E-state index is -0.361. The first-order chi connectivity index (χ1) is 10.1. The third kappa shape index (κ3) is 5.45. The summed E-state index contributed by atoms with van der Waals surface area (Å²) in [6.45, 7) is -0.141. The Morgan fingerprint density at radius 3 is 2.62 bits per heavy atom. The van der Waals surface area contributed by atoms with Crippen molar-refractivity contribution in [1.82, 2.24) is 5.43 Å². The van der Waals surface area contributed by atoms with Gasteiger partial charge in [-0.1, -0.05) is 41.4 Å². The Hall–Kier alpha value is -2.04. The molecule has 1 N–H and O–H groups in total. The maximum absolute atomic E-state index is 11.5. The smallest absolute Gasteiger partial charge is 0.277 e. The molecule has 0 unspecified atom stereocenters. The van der Waals surface area contributed by atoms with Gasteiger partial charge in [0.1, 0.15) is 5.75 Å². The topological polar surface area (TPSA) is 50.7 Å². The van der Waals surface area contributed by atoms with Crippen LogP contribution in [0.15, 0.2) is 53.6 Å². The molecule has 0 fully saturated rings. The van der Waals surface area contributed by atoms with E-state index in [2.05, 4.69) is 10.5 Å². The molecule has 1 amide bonds. The van der Waals surface area contributed by atoms with Gasteiger partial charge in [0.05, 0.1) is 6.21 Å². The first-order valence-corrected chi connectivity index (χ1v) is 6.85. The van der Waals surface area contributed by atoms with Crippen LogP contribution in [-0.4, -0.2) is 18.7 Å². The van der Waals surface area contributed by atoms with E-state index in [1.54, 1.807) is 48.5 Å². The SMILES string of the molecule is O=C(COc1cccc(Cl)c1)N/N=C\c1ccc(Cl)cc1. The molecule has 4 nitrogen and oxygen atoms in total. The third-order valence-electron chi connectivity index (χ3n) is 2.44. The number of nitrogens with zero attached hydrogens (tertiary/aromatic N) is 1. The van der Waals surface area contributed by atoms with E-state index >= 15 is 0 Å². The van der Waals surface area contributed by atoms with Gasteiger partial charge in [-0.3, -0.25) is 4.79 Å². The monoisotopic (exact) mass is 322 g/mol. The average Bonchev–Trinajstić information content (AvgIpc) is 2.47. The molecule has 0 aliphatic heterocycles. The highest BCUT2D eigenvalue weighted by atomic mass is 35.5. The molecule has 0 radical (unpaired) electrons. The number of carbonyl (C=O) groups is 1. The van der Waals surface area contributed by atoms with Crippen molar-refractivity contribution in [3.05, 3.63) is 64.1 Å². The molecule has 0 saturated carbocycles. The van der Waals surface area contributed by atoms with Crippen LogP contribution in [0.2, 0.25) is 10.0 Å². The molecule has 0 saturated heterocycles. The second kappa shape index (κ2) is 7.67. The Kier molecular flexibility index (Phi) is 5.60. The number of nitrogens with one attached hydrogen (secondary N) is 1. The lowest BCUT2D eigenvalue weighted by Gasteiger charge is -2.04. The first-order valence-electron chi connectivity index (χ1n) is 6.09. The highest BCUT2D eigenvalue weighted by molar-refractivity contribution is 6.30. The summed E-state index contributed by atoms with van der Waals surface area (Å²) in [7, 11) is 0. The Balaban J connectivity index is 1.78. The lowest BCUT2D eigenvalue weighted by Crippen LogP contribution is -2.24. The lowest BCUT2D eigenvalue weighted by atomic mass is 10.2. The van der Waals surface area contributed by atoms with Crippen molar-refractivity contribution >= 4 is 35.3 Å². The van der Waals surface area contributed by atoms with Crippen molar-refractivity contribution in [2.75, 3.05) is 6.61 Å². The number of ether oxygens (including phenoxy) is 1. The molecular weight excluding hydrogens is 311 g/mol. The summed E-state index contributed by atoms with van der Waals surface area (Å²) in [6, 6.07) is 13.9. The average molecular weight is 323 g/mol. The summed E-state index contributed by atoms with van der Waals surface area (Å²) in [5.41, 5.74) is 3.20. The Morgan fingerprint density at radius 2 is 1.90 bits per heavy atom. The van der Waals surface area contributed by atoms with Crippen molar-refractivity contribution in [3.63, 3.8) is 0 Å². The zero-order valence-corrected chi connectivity index (χ0v) is 12.4. The molecule has 0 aliphatic rings. The number of hydrogen-bond acceptors (Lipinski definition) is 3. The fourth-order valence-electron chi connectivity index (χ4n) is 1.47. The van der Waals surface area contributed by atoms with Crippen molar-refractivity contribution in [2.24, 2.45) is 5.10 Å². The lowest BCUT2D eigenvalue weighted by molar-refractivity contribution is -0.123. The maximum atomic E-state index is 11.5. The summed E-state index contributed by atoms with van der Waals surface area (Å²) in [4.78, 5) is 11.5. The van der Waals surface area contributed by atoms with Crippen molar-refractivity contribution in [2.45, 2.75) is 0 Å². The van der Waals surface area contributed by atoms with Crippen LogP contribution in [0.25, 0.3) is 0 Å². The van der Waals surface area contributed by atoms with Crippen LogP contribution < -0.4 is 10.2 Å². The van der Waals surface area contributed by atoms with E-state index in [1.807, 2.05) is 0 Å². The van der Waals surface area contributed by atoms with Gasteiger partial charge in [-0.2, -0.15) is 5.10 Å². The number of halogens is 2. The second-order valence-corrected chi connectivity index (χ2v) is 4.96. The van der Waals surface area contributed by atoms with Gasteiger partial charge in [-0.25, -0.2) is 5.43 Å². The second-order valence-electron chi connectivity index (χ2n) is 4.09. The number of amides is 1. The first kappa shape index (κ1) is 15.4. The van der Waals surface area contributed by atoms with Gasteiger partial charge in [0.2, 0.25) is 0 Å². The summed E-state index contributed by atoms with van der Waals surface area (Å²) in [6.07, 6.45) is 1.52. The molecule has 21 heavy (non-hydrogen) atoms. The predicted molar refractivity (Wildman–Crippen MR) is 84.1 cm³/mol. The fraction of sp³-hybridized carbons (Fsp3) is 0.0667. The summed E-state index contributed by atoms with van der Waals surface area (Å²) in [5.74, 6) is 0.166. The van der Waals surface area contributed by atoms with Crippen LogP contribution in [0.1, 0.15) is 5.56 Å². The van der Waals surface area contributed by atoms with Crippen LogP contribution in [0.3, 0.4) is 0 Å². The van der Waals surface area contributed by atoms with E-state index < -0.39 is 0 Å². The van der Waals surface area contributed by atoms with Crippen molar-refractivity contribution in [3.8, 4) is 5.75 Å². The van der Waals surface area contributed by atoms with Crippen LogP contribution in [-0.2, 0) is 4.79 Å². The number of rotatable bonds is 5. The van der Waals surface area contributed by atoms with Crippen LogP contribution >= 0.6 is 23.2 Å². The number of hydrazone groups is 1. The summed E-state index contributed by atoms with van der Waals surface area (Å²) in [5, 5.41) is 5.02. The third-order valence-corrected chi connectivity index (χ3v) is 2.93. The zero-order chi connectivity index (χ0) is 15.1. The van der Waals surface area contributed by atoms with Crippen LogP contribution in [0.5, 0.6) is 5.75 Å². The van der Waals surface area contributed by atoms with Gasteiger partial charge < -0.3 is 4.74 Å². The quantitative estimate of drug-likeness (QED) is 0.676. The molecule has 0 aromatic heterocycles. The largest absolute Gasteiger partial charge is 0.484 e. The van der Waals surface area contributed by atoms with E-state index in [9.17, 15) is 4.79 Å². The minimum Gasteiger partial charge on any atom is -0.484 e. The van der Waals surface area contributed by atoms with Gasteiger partial charge in [0, 0.05) is 10.0 Å². The Morgan fingerprint density at radius 1 is 1.14 bits per heavy atom. The normalized spacial score (nSPS) is 10.6. The van der Waals surface area contributed by atoms with Gasteiger partial charge in [-0.05, 0) is 35.9 Å². The van der Waals surface area contributed by atoms with E-state index in [1.165, 1.54) is 6.21 Å². The molecule has 108 valence electrons. The Labute approximate surface area is 132 Å². The zero-order valence-electron chi connectivity index (χ0n) is 10.9. The van der Waals surface area contributed by atoms with E-state index in [4.69, 9.17) is 27.9 Å². The minimum absolute atomic E-state index is 0.141. The van der Waals surface area contributed by atoms with Crippen molar-refractivity contribution < 1.29 is 9.53 Å². The molecule has 0 heterocycles. The van der Waals surface area contributed by atoms with Crippen LogP contribution in [0, 0.1) is 0 Å². The van der Waals surface area contributed by atoms with E-state index in [0.29, 0.717) is 15.8 Å². The highest BCUT2D eigenvalue weighted by Crippen LogP contribution is 2.16. The van der Waals surface area contributed by atoms with Crippen molar-refractivity contribution in [1.29, 1.82) is 0 Å². The number of hydrogen-bond donors (Lipinski definition) is 1. The van der Waals surface area contributed by atoms with Gasteiger partial charge >= 0.3 is 0 Å². The standard InChI is InChI=1S/C15H12Cl2N2O2/c16-12-6-4-11(5-7-12)9-18-19-15(20)10-21-14-3-1-2-13(17)8-14/h1-9H,10H2,(H,19,20)/b18-9-. The molecule has 0 bridgehead atoms. The van der Waals surface area contributed by atoms with Gasteiger partial charge in [0.25, 0.3) is 5.91 Å². The summed E-state index contributed by atoms with van der Waals surface area (Å²) < 4.78 is 5.28. The molecule has 0 spiro atoms. The number of carbonyl (C=O) groups excluding carboxylic acids is 1. The fourth-order valence-corrected chi connectivity index (χ4v) is 1.77. The maximum Gasteiger partial charge on any atom is 0.277 e. The summed E-state index contributed by atoms with van der Waals surface area (Å²) >= 11 is 11.6. The molecule has 2 rings (SSSR count). The van der Waals surface area contributed by atoms with E-state index in [0.717, 1.165) is 5.56 Å². The predicted octanol–water partition coefficient (Wildman–Crippen LogP) is 3.52. The van der Waals surface area contributed by atoms with Crippen LogP contribution in [0.4, 0.5) is 0 Å². The highest BCUT2D eigenvalue weighted by Gasteiger charge is 2.01. The number of benzene rings is 2. The molecular formula is C15H12Cl2N2O2. The molecule has 2 aromatic carbocycles.